The number of hydrazone groups is 1. The molecule has 2 heterocycles. The summed E-state index contributed by atoms with van der Waals surface area (Å²) in [5, 5.41) is 4.09. The van der Waals surface area contributed by atoms with Crippen molar-refractivity contribution in [3.05, 3.63) is 23.9 Å². The van der Waals surface area contributed by atoms with Gasteiger partial charge in [-0.2, -0.15) is 10.1 Å². The van der Waals surface area contributed by atoms with Gasteiger partial charge in [-0.3, -0.25) is 5.43 Å². The highest BCUT2D eigenvalue weighted by Crippen LogP contribution is 2.19. The monoisotopic (exact) mass is 254 g/mol. The Balaban J connectivity index is 2.36. The number of halogens is 1. The van der Waals surface area contributed by atoms with Crippen LogP contribution < -0.4 is 14.9 Å². The van der Waals surface area contributed by atoms with Crippen LogP contribution in [0.3, 0.4) is 0 Å². The van der Waals surface area contributed by atoms with Gasteiger partial charge in [-0.15, -0.1) is 0 Å². The third-order valence-electron chi connectivity index (χ3n) is 2.11. The molecule has 7 heteroatoms. The van der Waals surface area contributed by atoms with Gasteiger partial charge < -0.3 is 9.47 Å². The van der Waals surface area contributed by atoms with Crippen LogP contribution in [0.25, 0.3) is 0 Å². The molecule has 0 aromatic carbocycles. The molecule has 0 saturated heterocycles. The Kier molecular flexibility index (Phi) is 3.43. The number of aromatic nitrogens is 2. The van der Waals surface area contributed by atoms with Crippen LogP contribution in [0.4, 0.5) is 0 Å². The fourth-order valence-corrected chi connectivity index (χ4v) is 1.44. The predicted molar refractivity (Wildman–Crippen MR) is 63.6 cm³/mol. The topological polar surface area (TPSA) is 68.6 Å². The molecule has 0 fully saturated rings. The first kappa shape index (κ1) is 11.7. The smallest absolute Gasteiger partial charge is 0.319 e. The third-order valence-corrected chi connectivity index (χ3v) is 2.36. The van der Waals surface area contributed by atoms with Gasteiger partial charge in [0, 0.05) is 6.20 Å². The fourth-order valence-electron chi connectivity index (χ4n) is 1.32. The number of allylic oxidation sites excluding steroid dienone is 1. The van der Waals surface area contributed by atoms with Crippen LogP contribution in [0.5, 0.6) is 11.9 Å². The highest BCUT2D eigenvalue weighted by molar-refractivity contribution is 6.22. The number of nitrogens with zero attached hydrogens (tertiary/aromatic N) is 3. The minimum absolute atomic E-state index is 0.245. The molecule has 0 aliphatic carbocycles. The number of alkyl halides is 1. The summed E-state index contributed by atoms with van der Waals surface area (Å²) in [5.74, 6) is 0.398. The number of rotatable bonds is 3. The molecule has 1 aliphatic rings. The van der Waals surface area contributed by atoms with Crippen molar-refractivity contribution in [2.24, 2.45) is 5.10 Å². The van der Waals surface area contributed by atoms with Crippen molar-refractivity contribution in [3.63, 3.8) is 0 Å². The van der Waals surface area contributed by atoms with Crippen LogP contribution in [-0.4, -0.2) is 35.4 Å². The maximum absolute atomic E-state index is 5.80. The van der Waals surface area contributed by atoms with Crippen LogP contribution in [-0.2, 0) is 0 Å². The lowest BCUT2D eigenvalue weighted by molar-refractivity contribution is 0.351. The van der Waals surface area contributed by atoms with E-state index in [1.165, 1.54) is 14.2 Å². The van der Waals surface area contributed by atoms with Crippen LogP contribution in [0.15, 0.2) is 23.5 Å². The number of hydrogen-bond donors (Lipinski definition) is 1. The van der Waals surface area contributed by atoms with E-state index in [1.807, 2.05) is 0 Å². The maximum atomic E-state index is 5.80. The summed E-state index contributed by atoms with van der Waals surface area (Å²) < 4.78 is 10.1. The van der Waals surface area contributed by atoms with E-state index in [0.717, 1.165) is 0 Å². The lowest BCUT2D eigenvalue weighted by Crippen LogP contribution is -2.22. The van der Waals surface area contributed by atoms with Gasteiger partial charge in [0.05, 0.1) is 25.5 Å². The van der Waals surface area contributed by atoms with Gasteiger partial charge in [0.15, 0.2) is 0 Å². The largest absolute Gasteiger partial charge is 0.480 e. The molecule has 0 spiro atoms. The minimum Gasteiger partial charge on any atom is -0.480 e. The normalized spacial score (nSPS) is 18.3. The molecule has 1 aliphatic heterocycles. The Labute approximate surface area is 103 Å². The molecule has 0 radical (unpaired) electrons. The molecule has 1 atom stereocenters. The second-order valence-corrected chi connectivity index (χ2v) is 3.64. The standard InChI is InChI=1S/C10H11ClN4O2/c1-16-9-6(5-12-10(13-9)17-2)7-3-4-8(11)15-14-7/h3-5,8,15H,1-2H3. The zero-order valence-electron chi connectivity index (χ0n) is 9.35. The summed E-state index contributed by atoms with van der Waals surface area (Å²) in [4.78, 5) is 8.08. The van der Waals surface area contributed by atoms with Gasteiger partial charge in [0.2, 0.25) is 5.88 Å². The van der Waals surface area contributed by atoms with Gasteiger partial charge >= 0.3 is 6.01 Å². The van der Waals surface area contributed by atoms with Gasteiger partial charge in [-0.1, -0.05) is 11.6 Å². The lowest BCUT2D eigenvalue weighted by atomic mass is 10.2. The maximum Gasteiger partial charge on any atom is 0.319 e. The summed E-state index contributed by atoms with van der Waals surface area (Å²) >= 11 is 5.80. The molecule has 6 nitrogen and oxygen atoms in total. The average Bonchev–Trinajstić information content (AvgIpc) is 2.39. The van der Waals surface area contributed by atoms with Crippen LogP contribution in [0.2, 0.25) is 0 Å². The number of methoxy groups -OCH3 is 2. The Bertz CT molecular complexity index is 475. The van der Waals surface area contributed by atoms with Crippen molar-refractivity contribution in [3.8, 4) is 11.9 Å². The van der Waals surface area contributed by atoms with Gasteiger partial charge in [0.25, 0.3) is 0 Å². The molecular formula is C10H11ClN4O2. The van der Waals surface area contributed by atoms with E-state index in [-0.39, 0.29) is 11.5 Å². The molecule has 2 rings (SSSR count). The van der Waals surface area contributed by atoms with Gasteiger partial charge in [0.1, 0.15) is 5.50 Å². The molecule has 1 unspecified atom stereocenters. The Morgan fingerprint density at radius 3 is 2.76 bits per heavy atom. The van der Waals surface area contributed by atoms with E-state index in [9.17, 15) is 0 Å². The molecule has 0 saturated carbocycles. The Morgan fingerprint density at radius 1 is 1.35 bits per heavy atom. The molecule has 1 N–H and O–H groups in total. The first-order valence-corrected chi connectivity index (χ1v) is 5.29. The molecule has 90 valence electrons. The first-order valence-electron chi connectivity index (χ1n) is 4.85. The second kappa shape index (κ2) is 5.01. The van der Waals surface area contributed by atoms with Crippen molar-refractivity contribution in [1.82, 2.24) is 15.4 Å². The summed E-state index contributed by atoms with van der Waals surface area (Å²) in [7, 11) is 3.02. The molecule has 1 aromatic heterocycles. The van der Waals surface area contributed by atoms with E-state index in [0.29, 0.717) is 17.2 Å². The average molecular weight is 255 g/mol. The molecule has 0 amide bonds. The number of ether oxygens (including phenoxy) is 2. The molecule has 0 bridgehead atoms. The van der Waals surface area contributed by atoms with E-state index in [2.05, 4.69) is 20.5 Å². The van der Waals surface area contributed by atoms with Crippen molar-refractivity contribution in [2.45, 2.75) is 5.50 Å². The van der Waals surface area contributed by atoms with Crippen molar-refractivity contribution in [2.75, 3.05) is 14.2 Å². The Morgan fingerprint density at radius 2 is 2.18 bits per heavy atom. The minimum atomic E-state index is -0.302. The molecular weight excluding hydrogens is 244 g/mol. The summed E-state index contributed by atoms with van der Waals surface area (Å²) in [5.41, 5.74) is 3.75. The van der Waals surface area contributed by atoms with Gasteiger partial charge in [-0.05, 0) is 12.2 Å². The van der Waals surface area contributed by atoms with Crippen LogP contribution >= 0.6 is 11.6 Å². The van der Waals surface area contributed by atoms with E-state index in [4.69, 9.17) is 21.1 Å². The van der Waals surface area contributed by atoms with Crippen molar-refractivity contribution in [1.29, 1.82) is 0 Å². The number of hydrogen-bond acceptors (Lipinski definition) is 6. The summed E-state index contributed by atoms with van der Waals surface area (Å²) in [6.07, 6.45) is 5.14. The number of nitrogens with one attached hydrogen (secondary N) is 1. The zero-order chi connectivity index (χ0) is 12.3. The zero-order valence-corrected chi connectivity index (χ0v) is 10.1. The summed E-state index contributed by atoms with van der Waals surface area (Å²) in [6, 6.07) is 0.245. The van der Waals surface area contributed by atoms with Crippen molar-refractivity contribution >= 4 is 17.3 Å². The summed E-state index contributed by atoms with van der Waals surface area (Å²) in [6.45, 7) is 0. The SMILES string of the molecule is COc1ncc(C2=NNC(Cl)C=C2)c(OC)n1. The predicted octanol–water partition coefficient (Wildman–Crippen LogP) is 0.922. The fraction of sp³-hybridized carbons (Fsp3) is 0.300. The van der Waals surface area contributed by atoms with E-state index < -0.39 is 0 Å². The highest BCUT2D eigenvalue weighted by atomic mass is 35.5. The lowest BCUT2D eigenvalue weighted by Gasteiger charge is -2.13. The van der Waals surface area contributed by atoms with Gasteiger partial charge in [-0.25, -0.2) is 4.98 Å². The van der Waals surface area contributed by atoms with E-state index >= 15 is 0 Å². The van der Waals surface area contributed by atoms with Crippen LogP contribution in [0.1, 0.15) is 5.56 Å². The first-order chi connectivity index (χ1) is 8.24. The highest BCUT2D eigenvalue weighted by Gasteiger charge is 2.15. The van der Waals surface area contributed by atoms with E-state index in [1.54, 1.807) is 18.3 Å². The Hall–Kier alpha value is -1.82. The molecule has 1 aromatic rings. The van der Waals surface area contributed by atoms with Crippen molar-refractivity contribution < 1.29 is 9.47 Å². The second-order valence-electron chi connectivity index (χ2n) is 3.17. The molecule has 17 heavy (non-hydrogen) atoms. The third kappa shape index (κ3) is 2.47. The van der Waals surface area contributed by atoms with Crippen LogP contribution in [0, 0.1) is 0 Å². The quantitative estimate of drug-likeness (QED) is 0.642.